The molecule has 8 heteroatoms. The first-order valence-corrected chi connectivity index (χ1v) is 10.7. The third-order valence-corrected chi connectivity index (χ3v) is 6.59. The van der Waals surface area contributed by atoms with Gasteiger partial charge in [-0.3, -0.25) is 10.1 Å². The molecule has 6 nitrogen and oxygen atoms in total. The number of nitrogens with zero attached hydrogens (tertiary/aromatic N) is 2. The van der Waals surface area contributed by atoms with Crippen molar-refractivity contribution in [2.75, 3.05) is 0 Å². The summed E-state index contributed by atoms with van der Waals surface area (Å²) < 4.78 is 28.0. The van der Waals surface area contributed by atoms with Crippen LogP contribution in [0.4, 0.5) is 5.69 Å². The van der Waals surface area contributed by atoms with Gasteiger partial charge in [-0.1, -0.05) is 48.0 Å². The Morgan fingerprint density at radius 1 is 0.900 bits per heavy atom. The highest BCUT2D eigenvalue weighted by Gasteiger charge is 2.22. The Bertz CT molecular complexity index is 1390. The minimum absolute atomic E-state index is 0.121. The first kappa shape index (κ1) is 19.9. The van der Waals surface area contributed by atoms with E-state index < -0.39 is 14.9 Å². The molecule has 4 rings (SSSR count). The van der Waals surface area contributed by atoms with Crippen LogP contribution in [0.25, 0.3) is 23.1 Å². The number of benzene rings is 3. The van der Waals surface area contributed by atoms with E-state index in [0.717, 1.165) is 5.39 Å². The summed E-state index contributed by atoms with van der Waals surface area (Å²) in [7, 11) is -3.89. The number of aromatic nitrogens is 1. The second-order valence-corrected chi connectivity index (χ2v) is 8.73. The van der Waals surface area contributed by atoms with E-state index >= 15 is 0 Å². The van der Waals surface area contributed by atoms with Crippen molar-refractivity contribution in [3.63, 3.8) is 0 Å². The molecule has 0 bridgehead atoms. The van der Waals surface area contributed by atoms with Crippen molar-refractivity contribution in [3.05, 3.63) is 105 Å². The summed E-state index contributed by atoms with van der Waals surface area (Å²) >= 11 is 5.99. The summed E-state index contributed by atoms with van der Waals surface area (Å²) in [6.45, 7) is 0. The van der Waals surface area contributed by atoms with Crippen LogP contribution in [0.15, 0.2) is 83.8 Å². The first-order chi connectivity index (χ1) is 14.4. The molecule has 0 saturated heterocycles. The van der Waals surface area contributed by atoms with Crippen molar-refractivity contribution in [2.24, 2.45) is 0 Å². The molecular formula is C22H15ClN2O4S. The number of nitro groups is 1. The topological polar surface area (TPSA) is 82.2 Å². The molecule has 30 heavy (non-hydrogen) atoms. The predicted octanol–water partition coefficient (Wildman–Crippen LogP) is 5.61. The van der Waals surface area contributed by atoms with Gasteiger partial charge in [0.05, 0.1) is 26.6 Å². The smallest absolute Gasteiger partial charge is 0.258 e. The highest BCUT2D eigenvalue weighted by Crippen LogP contribution is 2.29. The largest absolute Gasteiger partial charge is 0.276 e. The molecule has 0 amide bonds. The van der Waals surface area contributed by atoms with Crippen LogP contribution in [0, 0.1) is 10.1 Å². The lowest BCUT2D eigenvalue weighted by Crippen LogP contribution is -2.14. The molecule has 4 aromatic rings. The SMILES string of the molecule is O=[N+]([O-])c1ccc(Cl)cc1C=Cc1cc2ccccc2n1S(=O)(=O)c1ccccc1. The van der Waals surface area contributed by atoms with Crippen molar-refractivity contribution in [3.8, 4) is 0 Å². The van der Waals surface area contributed by atoms with Crippen LogP contribution in [0.5, 0.6) is 0 Å². The van der Waals surface area contributed by atoms with Crippen LogP contribution in [0.3, 0.4) is 0 Å². The van der Waals surface area contributed by atoms with Crippen LogP contribution in [0.1, 0.15) is 11.3 Å². The Hall–Kier alpha value is -3.42. The summed E-state index contributed by atoms with van der Waals surface area (Å²) in [5, 5.41) is 12.4. The number of nitro benzene ring substituents is 1. The van der Waals surface area contributed by atoms with Crippen molar-refractivity contribution >= 4 is 50.4 Å². The van der Waals surface area contributed by atoms with E-state index in [9.17, 15) is 18.5 Å². The molecule has 0 aliphatic heterocycles. The van der Waals surface area contributed by atoms with Gasteiger partial charge in [0.15, 0.2) is 0 Å². The number of hydrogen-bond donors (Lipinski definition) is 0. The molecule has 0 saturated carbocycles. The van der Waals surface area contributed by atoms with Crippen LogP contribution >= 0.6 is 11.6 Å². The second-order valence-electron chi connectivity index (χ2n) is 6.50. The van der Waals surface area contributed by atoms with Crippen molar-refractivity contribution in [1.82, 2.24) is 3.97 Å². The number of para-hydroxylation sites is 1. The molecule has 0 N–H and O–H groups in total. The Morgan fingerprint density at radius 2 is 1.60 bits per heavy atom. The van der Waals surface area contributed by atoms with Crippen LogP contribution < -0.4 is 0 Å². The summed E-state index contributed by atoms with van der Waals surface area (Å²) in [6, 6.07) is 21.2. The van der Waals surface area contributed by atoms with Gasteiger partial charge in [0.1, 0.15) is 0 Å². The van der Waals surface area contributed by atoms with Gasteiger partial charge in [-0.2, -0.15) is 0 Å². The van der Waals surface area contributed by atoms with E-state index in [1.807, 2.05) is 12.1 Å². The summed E-state index contributed by atoms with van der Waals surface area (Å²) in [4.78, 5) is 11.0. The van der Waals surface area contributed by atoms with Gasteiger partial charge in [-0.15, -0.1) is 0 Å². The minimum atomic E-state index is -3.89. The maximum atomic E-state index is 13.4. The molecule has 0 aliphatic carbocycles. The summed E-state index contributed by atoms with van der Waals surface area (Å²) in [6.07, 6.45) is 3.04. The van der Waals surface area contributed by atoms with Crippen LogP contribution in [0.2, 0.25) is 5.02 Å². The fourth-order valence-electron chi connectivity index (χ4n) is 3.23. The van der Waals surface area contributed by atoms with Gasteiger partial charge in [-0.05, 0) is 48.6 Å². The number of fused-ring (bicyclic) bond motifs is 1. The van der Waals surface area contributed by atoms with E-state index in [4.69, 9.17) is 11.6 Å². The number of halogens is 1. The lowest BCUT2D eigenvalue weighted by atomic mass is 10.1. The van der Waals surface area contributed by atoms with Gasteiger partial charge in [0.2, 0.25) is 0 Å². The Balaban J connectivity index is 1.92. The fourth-order valence-corrected chi connectivity index (χ4v) is 4.94. The molecule has 0 spiro atoms. The van der Waals surface area contributed by atoms with Crippen molar-refractivity contribution in [2.45, 2.75) is 4.90 Å². The summed E-state index contributed by atoms with van der Waals surface area (Å²) in [5.41, 5.74) is 1.04. The normalized spacial score (nSPS) is 11.9. The van der Waals surface area contributed by atoms with Gasteiger partial charge in [-0.25, -0.2) is 12.4 Å². The highest BCUT2D eigenvalue weighted by atomic mass is 35.5. The molecule has 150 valence electrons. The second kappa shape index (κ2) is 7.78. The quantitative estimate of drug-likeness (QED) is 0.299. The average molecular weight is 439 g/mol. The average Bonchev–Trinajstić information content (AvgIpc) is 3.12. The van der Waals surface area contributed by atoms with Gasteiger partial charge in [0, 0.05) is 16.5 Å². The maximum absolute atomic E-state index is 13.4. The Morgan fingerprint density at radius 3 is 2.33 bits per heavy atom. The molecule has 0 aliphatic rings. The zero-order valence-electron chi connectivity index (χ0n) is 15.5. The molecule has 3 aromatic carbocycles. The predicted molar refractivity (Wildman–Crippen MR) is 118 cm³/mol. The van der Waals surface area contributed by atoms with Crippen LogP contribution in [-0.2, 0) is 10.0 Å². The molecule has 0 radical (unpaired) electrons. The molecular weight excluding hydrogens is 424 g/mol. The van der Waals surface area contributed by atoms with E-state index in [-0.39, 0.29) is 16.1 Å². The highest BCUT2D eigenvalue weighted by molar-refractivity contribution is 7.90. The summed E-state index contributed by atoms with van der Waals surface area (Å²) in [5.74, 6) is 0. The van der Waals surface area contributed by atoms with E-state index in [2.05, 4.69) is 0 Å². The number of rotatable bonds is 5. The van der Waals surface area contributed by atoms with Gasteiger partial charge >= 0.3 is 0 Å². The molecule has 0 atom stereocenters. The third-order valence-electron chi connectivity index (χ3n) is 4.59. The van der Waals surface area contributed by atoms with Crippen molar-refractivity contribution in [1.29, 1.82) is 0 Å². The monoisotopic (exact) mass is 438 g/mol. The maximum Gasteiger partial charge on any atom is 0.276 e. The standard InChI is InChI=1S/C22H15ClN2O4S/c23-18-11-13-22(25(26)27)17(14-18)10-12-19-15-16-6-4-5-9-21(16)24(19)30(28,29)20-7-2-1-3-8-20/h1-15H. The van der Waals surface area contributed by atoms with Gasteiger partial charge < -0.3 is 0 Å². The zero-order valence-corrected chi connectivity index (χ0v) is 17.0. The zero-order chi connectivity index (χ0) is 21.3. The lowest BCUT2D eigenvalue weighted by Gasteiger charge is -2.10. The number of hydrogen-bond acceptors (Lipinski definition) is 4. The van der Waals surface area contributed by atoms with Gasteiger partial charge in [0.25, 0.3) is 15.7 Å². The lowest BCUT2D eigenvalue weighted by molar-refractivity contribution is -0.385. The molecule has 0 fully saturated rings. The fraction of sp³-hybridized carbons (Fsp3) is 0. The third kappa shape index (κ3) is 3.60. The minimum Gasteiger partial charge on any atom is -0.258 e. The van der Waals surface area contributed by atoms with Crippen LogP contribution in [-0.4, -0.2) is 17.3 Å². The molecule has 1 heterocycles. The van der Waals surface area contributed by atoms with E-state index in [1.165, 1.54) is 40.4 Å². The van der Waals surface area contributed by atoms with E-state index in [1.54, 1.807) is 42.5 Å². The Kier molecular flexibility index (Phi) is 5.15. The molecule has 1 aromatic heterocycles. The molecule has 0 unspecified atom stereocenters. The van der Waals surface area contributed by atoms with E-state index in [0.29, 0.717) is 16.2 Å². The first-order valence-electron chi connectivity index (χ1n) is 8.91. The Labute approximate surface area is 177 Å². The van der Waals surface area contributed by atoms with Crippen molar-refractivity contribution < 1.29 is 13.3 Å².